The number of anilines is 6. The van der Waals surface area contributed by atoms with E-state index in [0.29, 0.717) is 11.8 Å². The van der Waals surface area contributed by atoms with E-state index in [-0.39, 0.29) is 0 Å². The first kappa shape index (κ1) is 48.8. The lowest BCUT2D eigenvalue weighted by Crippen LogP contribution is -2.16. The van der Waals surface area contributed by atoms with Crippen molar-refractivity contribution in [1.82, 2.24) is 9.13 Å². The zero-order chi connectivity index (χ0) is 54.7. The molecule has 0 spiro atoms. The van der Waals surface area contributed by atoms with E-state index in [1.807, 2.05) is 0 Å². The summed E-state index contributed by atoms with van der Waals surface area (Å²) < 4.78 is 5.07. The normalized spacial score (nSPS) is 13.7. The van der Waals surface area contributed by atoms with E-state index >= 15 is 0 Å². The number of fused-ring (bicyclic) bond motifs is 8. The minimum Gasteiger partial charge on any atom is -0.310 e. The van der Waals surface area contributed by atoms with Gasteiger partial charge in [0.1, 0.15) is 0 Å². The SMILES string of the molecule is CC(C)c1ccccc1-n1c2ccccc2c2ccc(N(c3cccc4c3CCCC4)c3ccc4ccc5c(N(c6ccc7c8ccccc8n(-c8ccccc8C(C)C)c7c6)c6cccc7c6CCCC7)ccc6ccc3c4c65)cc21. The molecule has 12 aromatic carbocycles. The third kappa shape index (κ3) is 7.50. The molecule has 2 aliphatic carbocycles. The summed E-state index contributed by atoms with van der Waals surface area (Å²) >= 11 is 0. The average Bonchev–Trinajstić information content (AvgIpc) is 3.67. The second kappa shape index (κ2) is 19.3. The summed E-state index contributed by atoms with van der Waals surface area (Å²) in [5, 5.41) is 12.7. The van der Waals surface area contributed by atoms with Crippen LogP contribution in [0.25, 0.3) is 87.3 Å². The van der Waals surface area contributed by atoms with Gasteiger partial charge in [0.15, 0.2) is 0 Å². The Kier molecular flexibility index (Phi) is 11.5. The van der Waals surface area contributed by atoms with E-state index < -0.39 is 0 Å². The number of benzene rings is 12. The van der Waals surface area contributed by atoms with Gasteiger partial charge in [0, 0.05) is 66.4 Å². The quantitative estimate of drug-likeness (QED) is 0.127. The number of rotatable bonds is 10. The molecule has 0 saturated heterocycles. The Labute approximate surface area is 480 Å². The van der Waals surface area contributed by atoms with Crippen LogP contribution in [-0.4, -0.2) is 9.13 Å². The smallest absolute Gasteiger partial charge is 0.0562 e. The Morgan fingerprint density at radius 2 is 0.707 bits per heavy atom. The molecule has 0 N–H and O–H groups in total. The molecule has 2 aliphatic rings. The van der Waals surface area contributed by atoms with Crippen LogP contribution in [0.4, 0.5) is 34.1 Å². The van der Waals surface area contributed by atoms with Crippen LogP contribution in [0.5, 0.6) is 0 Å². The molecule has 0 aliphatic heterocycles. The van der Waals surface area contributed by atoms with E-state index in [2.05, 4.69) is 265 Å². The largest absolute Gasteiger partial charge is 0.310 e. The second-order valence-corrected chi connectivity index (χ2v) is 24.0. The second-order valence-electron chi connectivity index (χ2n) is 24.0. The highest BCUT2D eigenvalue weighted by Gasteiger charge is 2.28. The Hall–Kier alpha value is -9.12. The molecular formula is C78H66N4. The summed E-state index contributed by atoms with van der Waals surface area (Å²) in [6.07, 6.45) is 9.20. The minimum absolute atomic E-state index is 0.361. The van der Waals surface area contributed by atoms with Gasteiger partial charge in [-0.2, -0.15) is 0 Å². The highest BCUT2D eigenvalue weighted by atomic mass is 15.2. The molecule has 0 amide bonds. The van der Waals surface area contributed by atoms with Crippen LogP contribution in [0, 0.1) is 0 Å². The zero-order valence-electron chi connectivity index (χ0n) is 47.4. The Bertz CT molecular complexity index is 4550. The van der Waals surface area contributed by atoms with E-state index in [9.17, 15) is 0 Å². The maximum Gasteiger partial charge on any atom is 0.0562 e. The van der Waals surface area contributed by atoms with Crippen molar-refractivity contribution in [3.8, 4) is 11.4 Å². The van der Waals surface area contributed by atoms with E-state index in [1.54, 1.807) is 0 Å². The first-order chi connectivity index (χ1) is 40.4. The molecular weight excluding hydrogens is 993 g/mol. The van der Waals surface area contributed by atoms with Gasteiger partial charge in [0.2, 0.25) is 0 Å². The molecule has 4 nitrogen and oxygen atoms in total. The summed E-state index contributed by atoms with van der Waals surface area (Å²) in [5.41, 5.74) is 23.2. The van der Waals surface area contributed by atoms with Crippen molar-refractivity contribution in [2.24, 2.45) is 0 Å². The molecule has 2 heterocycles. The van der Waals surface area contributed by atoms with Crippen LogP contribution in [-0.2, 0) is 25.7 Å². The van der Waals surface area contributed by atoms with Crippen LogP contribution in [0.1, 0.15) is 98.6 Å². The van der Waals surface area contributed by atoms with Crippen LogP contribution in [0.2, 0.25) is 0 Å². The molecule has 0 atom stereocenters. The molecule has 0 bridgehead atoms. The molecule has 4 heteroatoms. The topological polar surface area (TPSA) is 16.3 Å². The van der Waals surface area contributed by atoms with Crippen LogP contribution < -0.4 is 9.80 Å². The van der Waals surface area contributed by atoms with Crippen LogP contribution >= 0.6 is 0 Å². The standard InChI is InChI=1S/C78H66N4/c1-49(2)57-23-9-13-29-67(57)81-71-31-15-11-27-61(71)63-43-39-55(47-75(63)81)79(69-33-17-21-51-19-5-7-25-59(51)69)73-45-37-53-36-42-66-74(46-38-54-35-41-65(73)77(53)78(54)66)80(70-34-18-22-52-20-6-8-26-60(52)70)56-40-44-64-62-28-12-16-32-72(62)82(76(64)48-56)68-30-14-10-24-58(68)50(3)4/h9-18,21-24,27-50H,5-8,19-20,25-26H2,1-4H3. The van der Waals surface area contributed by atoms with Gasteiger partial charge in [-0.25, -0.2) is 0 Å². The summed E-state index contributed by atoms with van der Waals surface area (Å²) in [6.45, 7) is 9.26. The molecule has 398 valence electrons. The Morgan fingerprint density at radius 3 is 1.17 bits per heavy atom. The van der Waals surface area contributed by atoms with E-state index in [0.717, 1.165) is 37.1 Å². The summed E-state index contributed by atoms with van der Waals surface area (Å²) in [6, 6.07) is 83.9. The van der Waals surface area contributed by atoms with Gasteiger partial charge >= 0.3 is 0 Å². The third-order valence-corrected chi connectivity index (χ3v) is 18.8. The zero-order valence-corrected chi connectivity index (χ0v) is 47.4. The predicted octanol–water partition coefficient (Wildman–Crippen LogP) is 21.7. The van der Waals surface area contributed by atoms with Crippen molar-refractivity contribution in [3.05, 3.63) is 252 Å². The van der Waals surface area contributed by atoms with Crippen molar-refractivity contribution in [2.75, 3.05) is 9.80 Å². The predicted molar refractivity (Wildman–Crippen MR) is 350 cm³/mol. The number of nitrogens with zero attached hydrogens (tertiary/aromatic N) is 4. The Balaban J connectivity index is 0.947. The average molecular weight is 1060 g/mol. The lowest BCUT2D eigenvalue weighted by Gasteiger charge is -2.33. The van der Waals surface area contributed by atoms with Crippen molar-refractivity contribution < 1.29 is 0 Å². The van der Waals surface area contributed by atoms with Crippen molar-refractivity contribution >= 4 is 110 Å². The monoisotopic (exact) mass is 1060 g/mol. The highest BCUT2D eigenvalue weighted by molar-refractivity contribution is 6.28. The lowest BCUT2D eigenvalue weighted by molar-refractivity contribution is 0.686. The van der Waals surface area contributed by atoms with Gasteiger partial charge in [-0.3, -0.25) is 0 Å². The van der Waals surface area contributed by atoms with Crippen LogP contribution in [0.3, 0.4) is 0 Å². The lowest BCUT2D eigenvalue weighted by atomic mass is 9.88. The van der Waals surface area contributed by atoms with Crippen molar-refractivity contribution in [2.45, 2.75) is 90.9 Å². The van der Waals surface area contributed by atoms with Gasteiger partial charge in [-0.15, -0.1) is 0 Å². The highest BCUT2D eigenvalue weighted by Crippen LogP contribution is 2.51. The van der Waals surface area contributed by atoms with Gasteiger partial charge in [0.05, 0.1) is 33.4 Å². The molecule has 0 radical (unpaired) electrons. The summed E-state index contributed by atoms with van der Waals surface area (Å²) in [4.78, 5) is 5.25. The molecule has 2 aromatic heterocycles. The fourth-order valence-corrected chi connectivity index (χ4v) is 15.0. The molecule has 0 fully saturated rings. The van der Waals surface area contributed by atoms with Gasteiger partial charge in [-0.1, -0.05) is 173 Å². The fourth-order valence-electron chi connectivity index (χ4n) is 15.0. The molecule has 82 heavy (non-hydrogen) atoms. The van der Waals surface area contributed by atoms with Crippen molar-refractivity contribution in [1.29, 1.82) is 0 Å². The summed E-state index contributed by atoms with van der Waals surface area (Å²) in [7, 11) is 0. The fraction of sp³-hybridized carbons (Fsp3) is 0.179. The van der Waals surface area contributed by atoms with E-state index in [1.165, 1.54) is 169 Å². The van der Waals surface area contributed by atoms with Gasteiger partial charge in [-0.05, 0) is 191 Å². The van der Waals surface area contributed by atoms with Gasteiger partial charge in [0.25, 0.3) is 0 Å². The third-order valence-electron chi connectivity index (χ3n) is 18.8. The number of aryl methyl sites for hydroxylation is 2. The van der Waals surface area contributed by atoms with Crippen LogP contribution in [0.15, 0.2) is 218 Å². The number of hydrogen-bond donors (Lipinski definition) is 0. The number of para-hydroxylation sites is 4. The maximum atomic E-state index is 2.63. The number of aromatic nitrogens is 2. The molecule has 14 aromatic rings. The van der Waals surface area contributed by atoms with Gasteiger partial charge < -0.3 is 18.9 Å². The molecule has 0 unspecified atom stereocenters. The van der Waals surface area contributed by atoms with E-state index in [4.69, 9.17) is 0 Å². The molecule has 0 saturated carbocycles. The molecule has 16 rings (SSSR count). The first-order valence-electron chi connectivity index (χ1n) is 30.2. The maximum absolute atomic E-state index is 2.63. The van der Waals surface area contributed by atoms with Crippen molar-refractivity contribution in [3.63, 3.8) is 0 Å². The first-order valence-corrected chi connectivity index (χ1v) is 30.2. The minimum atomic E-state index is 0.361. The Morgan fingerprint density at radius 1 is 0.317 bits per heavy atom. The number of hydrogen-bond acceptors (Lipinski definition) is 2. The summed E-state index contributed by atoms with van der Waals surface area (Å²) in [5.74, 6) is 0.722.